The number of aromatic nitrogens is 1. The van der Waals surface area contributed by atoms with E-state index in [1.54, 1.807) is 0 Å². The van der Waals surface area contributed by atoms with Crippen molar-refractivity contribution in [2.45, 2.75) is 70.3 Å². The molecule has 37 heavy (non-hydrogen) atoms. The maximum atomic E-state index is 13.8. The van der Waals surface area contributed by atoms with Crippen LogP contribution in [0.3, 0.4) is 0 Å². The Hall–Kier alpha value is -2.30. The molecule has 0 spiro atoms. The molecule has 2 atom stereocenters. The van der Waals surface area contributed by atoms with Crippen LogP contribution in [0.25, 0.3) is 28.1 Å². The zero-order valence-corrected chi connectivity index (χ0v) is 23.4. The SMILES string of the molecule is CB(I)OC(=O)CC1CC(/C=C/c2c(C3CC3)nc3ccccc3c2-c2ccc(F)cc2)OC(C)(C)O1. The van der Waals surface area contributed by atoms with Crippen LogP contribution in [-0.4, -0.2) is 33.7 Å². The number of hydrogen-bond acceptors (Lipinski definition) is 5. The molecule has 2 unspecified atom stereocenters. The van der Waals surface area contributed by atoms with Gasteiger partial charge in [-0.1, -0.05) is 64.9 Å². The number of pyridine rings is 1. The average Bonchev–Trinajstić information content (AvgIpc) is 3.66. The van der Waals surface area contributed by atoms with E-state index in [2.05, 4.69) is 34.5 Å². The molecular formula is C29H30BFINO4. The monoisotopic (exact) mass is 613 g/mol. The van der Waals surface area contributed by atoms with Crippen LogP contribution < -0.4 is 0 Å². The summed E-state index contributed by atoms with van der Waals surface area (Å²) in [5.41, 5.74) is 5.04. The zero-order valence-electron chi connectivity index (χ0n) is 21.2. The molecule has 0 bridgehead atoms. The topological polar surface area (TPSA) is 57.7 Å². The van der Waals surface area contributed by atoms with Gasteiger partial charge in [-0.2, -0.15) is 0 Å². The summed E-state index contributed by atoms with van der Waals surface area (Å²) < 4.78 is 31.2. The van der Waals surface area contributed by atoms with E-state index < -0.39 is 5.79 Å². The summed E-state index contributed by atoms with van der Waals surface area (Å²) >= 11 is 2.06. The normalized spacial score (nSPS) is 21.3. The van der Waals surface area contributed by atoms with E-state index in [-0.39, 0.29) is 35.2 Å². The fourth-order valence-electron chi connectivity index (χ4n) is 5.02. The summed E-state index contributed by atoms with van der Waals surface area (Å²) in [7, 11) is 0. The minimum atomic E-state index is -0.838. The van der Waals surface area contributed by atoms with Gasteiger partial charge in [-0.25, -0.2) is 4.39 Å². The number of para-hydroxylation sites is 1. The molecule has 2 heterocycles. The number of ether oxygens (including phenoxy) is 2. The Morgan fingerprint density at radius 1 is 1.19 bits per heavy atom. The van der Waals surface area contributed by atoms with E-state index in [0.717, 1.165) is 46.1 Å². The third kappa shape index (κ3) is 6.41. The number of carbonyl (C=O) groups is 1. The highest BCUT2D eigenvalue weighted by molar-refractivity contribution is 14.1. The first-order valence-electron chi connectivity index (χ1n) is 12.7. The Balaban J connectivity index is 1.52. The van der Waals surface area contributed by atoms with Gasteiger partial charge >= 0.3 is 4.77 Å². The summed E-state index contributed by atoms with van der Waals surface area (Å²) in [6.07, 6.45) is 6.51. The molecule has 1 aromatic heterocycles. The van der Waals surface area contributed by atoms with Crippen molar-refractivity contribution >= 4 is 50.1 Å². The number of halogens is 2. The van der Waals surface area contributed by atoms with Gasteiger partial charge < -0.3 is 14.1 Å². The predicted molar refractivity (Wildman–Crippen MR) is 153 cm³/mol. The highest BCUT2D eigenvalue weighted by Gasteiger charge is 2.36. The molecule has 192 valence electrons. The Bertz CT molecular complexity index is 1320. The number of benzene rings is 2. The summed E-state index contributed by atoms with van der Waals surface area (Å²) in [4.78, 5) is 17.4. The second-order valence-corrected chi connectivity index (χ2v) is 12.0. The number of nitrogens with zero attached hydrogens (tertiary/aromatic N) is 1. The first-order chi connectivity index (χ1) is 17.7. The molecule has 8 heteroatoms. The molecule has 2 fully saturated rings. The van der Waals surface area contributed by atoms with E-state index in [4.69, 9.17) is 19.1 Å². The third-order valence-electron chi connectivity index (χ3n) is 6.60. The minimum Gasteiger partial charge on any atom is -0.525 e. The van der Waals surface area contributed by atoms with E-state index in [0.29, 0.717) is 12.3 Å². The first kappa shape index (κ1) is 26.3. The van der Waals surface area contributed by atoms with Crippen LogP contribution in [0.15, 0.2) is 54.6 Å². The lowest BCUT2D eigenvalue weighted by Crippen LogP contribution is -2.44. The van der Waals surface area contributed by atoms with Crippen molar-refractivity contribution in [3.8, 4) is 11.1 Å². The molecule has 1 aliphatic heterocycles. The van der Waals surface area contributed by atoms with Gasteiger partial charge in [0.2, 0.25) is 0 Å². The lowest BCUT2D eigenvalue weighted by molar-refractivity contribution is -0.290. The molecule has 5 rings (SSSR count). The number of hydrogen-bond donors (Lipinski definition) is 0. The molecule has 0 radical (unpaired) electrons. The molecule has 2 aliphatic rings. The van der Waals surface area contributed by atoms with Gasteiger partial charge in [-0.3, -0.25) is 9.78 Å². The van der Waals surface area contributed by atoms with Crippen LogP contribution in [0.2, 0.25) is 6.82 Å². The van der Waals surface area contributed by atoms with Crippen LogP contribution in [0, 0.1) is 5.82 Å². The van der Waals surface area contributed by atoms with Crippen LogP contribution in [0.1, 0.15) is 56.7 Å². The molecule has 1 saturated heterocycles. The third-order valence-corrected chi connectivity index (χ3v) is 6.86. The van der Waals surface area contributed by atoms with Gasteiger partial charge in [0.05, 0.1) is 29.8 Å². The van der Waals surface area contributed by atoms with Crippen molar-refractivity contribution in [2.24, 2.45) is 0 Å². The molecule has 3 aromatic rings. The van der Waals surface area contributed by atoms with Gasteiger partial charge in [0.15, 0.2) is 5.79 Å². The molecule has 2 aromatic carbocycles. The van der Waals surface area contributed by atoms with E-state index in [1.807, 2.05) is 57.1 Å². The van der Waals surface area contributed by atoms with Crippen molar-refractivity contribution in [3.05, 3.63) is 71.7 Å². The lowest BCUT2D eigenvalue weighted by Gasteiger charge is -2.39. The van der Waals surface area contributed by atoms with Crippen molar-refractivity contribution in [3.63, 3.8) is 0 Å². The average molecular weight is 613 g/mol. The second-order valence-electron chi connectivity index (χ2n) is 10.2. The van der Waals surface area contributed by atoms with Crippen LogP contribution >= 0.6 is 22.4 Å². The van der Waals surface area contributed by atoms with Crippen LogP contribution in [0.5, 0.6) is 0 Å². The smallest absolute Gasteiger partial charge is 0.428 e. The predicted octanol–water partition coefficient (Wildman–Crippen LogP) is 7.33. The highest BCUT2D eigenvalue weighted by Crippen LogP contribution is 2.45. The van der Waals surface area contributed by atoms with Gasteiger partial charge in [0, 0.05) is 28.9 Å². The van der Waals surface area contributed by atoms with Crippen LogP contribution in [0.4, 0.5) is 4.39 Å². The Kier molecular flexibility index (Phi) is 7.70. The highest BCUT2D eigenvalue weighted by atomic mass is 127. The molecular weight excluding hydrogens is 583 g/mol. The van der Waals surface area contributed by atoms with Gasteiger partial charge in [-0.05, 0) is 57.3 Å². The van der Waals surface area contributed by atoms with Crippen molar-refractivity contribution in [1.29, 1.82) is 0 Å². The Labute approximate surface area is 230 Å². The van der Waals surface area contributed by atoms with Crippen LogP contribution in [-0.2, 0) is 18.9 Å². The number of carbonyl (C=O) groups excluding carboxylic acids is 1. The Morgan fingerprint density at radius 2 is 1.92 bits per heavy atom. The summed E-state index contributed by atoms with van der Waals surface area (Å²) in [6.45, 7) is 5.55. The standard InChI is InChI=1S/C29H30BFINO4/c1-29(2)35-21(16-22(36-29)17-26(34)37-30(3)32)14-15-24-27(18-10-12-20(31)13-11-18)23-6-4-5-7-25(23)33-28(24)19-8-9-19/h4-7,10-15,19,21-22H,8-9,16-17H2,1-3H3/b15-14+. The molecule has 1 saturated carbocycles. The van der Waals surface area contributed by atoms with E-state index in [1.165, 1.54) is 12.1 Å². The fraction of sp³-hybridized carbons (Fsp3) is 0.379. The lowest BCUT2D eigenvalue weighted by atomic mass is 9.92. The maximum Gasteiger partial charge on any atom is 0.428 e. The Morgan fingerprint density at radius 3 is 2.62 bits per heavy atom. The first-order valence-corrected chi connectivity index (χ1v) is 14.0. The van der Waals surface area contributed by atoms with E-state index in [9.17, 15) is 9.18 Å². The van der Waals surface area contributed by atoms with Crippen molar-refractivity contribution in [2.75, 3.05) is 0 Å². The molecule has 0 N–H and O–H groups in total. The van der Waals surface area contributed by atoms with Gasteiger partial charge in [0.25, 0.3) is 5.97 Å². The quantitative estimate of drug-likeness (QED) is 0.207. The largest absolute Gasteiger partial charge is 0.525 e. The summed E-state index contributed by atoms with van der Waals surface area (Å²) in [5, 5.41) is 1.03. The van der Waals surface area contributed by atoms with Gasteiger partial charge in [-0.15, -0.1) is 0 Å². The summed E-state index contributed by atoms with van der Waals surface area (Å²) in [6, 6.07) is 14.8. The minimum absolute atomic E-state index is 0.177. The van der Waals surface area contributed by atoms with Crippen molar-refractivity contribution < 1.29 is 23.3 Å². The summed E-state index contributed by atoms with van der Waals surface area (Å²) in [5.74, 6) is -0.968. The second kappa shape index (κ2) is 10.8. The number of rotatable bonds is 7. The molecule has 1 aliphatic carbocycles. The van der Waals surface area contributed by atoms with Gasteiger partial charge in [0.1, 0.15) is 5.82 Å². The number of fused-ring (bicyclic) bond motifs is 1. The molecule has 5 nitrogen and oxygen atoms in total. The zero-order chi connectivity index (χ0) is 26.2. The fourth-order valence-corrected chi connectivity index (χ4v) is 5.30. The maximum absolute atomic E-state index is 13.8. The van der Waals surface area contributed by atoms with Crippen molar-refractivity contribution in [1.82, 2.24) is 4.98 Å². The molecule has 0 amide bonds. The van der Waals surface area contributed by atoms with E-state index >= 15 is 0 Å².